The number of carbonyl (C=O) groups excluding carboxylic acids is 1. The van der Waals surface area contributed by atoms with Gasteiger partial charge in [-0.15, -0.1) is 0 Å². The van der Waals surface area contributed by atoms with Crippen molar-refractivity contribution in [1.82, 2.24) is 4.90 Å². The van der Waals surface area contributed by atoms with E-state index in [2.05, 4.69) is 11.8 Å². The molecular formula is C29H47NO4. The van der Waals surface area contributed by atoms with Gasteiger partial charge in [0.1, 0.15) is 17.6 Å². The first-order valence-corrected chi connectivity index (χ1v) is 13.8. The van der Waals surface area contributed by atoms with Gasteiger partial charge in [0.05, 0.1) is 20.6 Å². The highest BCUT2D eigenvalue weighted by molar-refractivity contribution is 5.74. The molecule has 3 rings (SSSR count). The van der Waals surface area contributed by atoms with Gasteiger partial charge in [-0.05, 0) is 44.0 Å². The fourth-order valence-electron chi connectivity index (χ4n) is 5.90. The summed E-state index contributed by atoms with van der Waals surface area (Å²) in [5.41, 5.74) is 0.815. The molecule has 5 heteroatoms. The third-order valence-electron chi connectivity index (χ3n) is 7.72. The van der Waals surface area contributed by atoms with Crippen molar-refractivity contribution in [1.29, 1.82) is 0 Å². The molecule has 0 radical (unpaired) electrons. The second-order valence-corrected chi connectivity index (χ2v) is 10.2. The summed E-state index contributed by atoms with van der Waals surface area (Å²) >= 11 is 0. The van der Waals surface area contributed by atoms with Crippen molar-refractivity contribution in [2.24, 2.45) is 0 Å². The lowest BCUT2D eigenvalue weighted by Crippen LogP contribution is -2.54. The maximum Gasteiger partial charge on any atom is 0.310 e. The van der Waals surface area contributed by atoms with Crippen LogP contribution in [-0.4, -0.2) is 49.8 Å². The number of nitrogens with zero attached hydrogens (tertiary/aromatic N) is 1. The van der Waals surface area contributed by atoms with Gasteiger partial charge in [0.25, 0.3) is 0 Å². The van der Waals surface area contributed by atoms with Crippen LogP contribution in [0.1, 0.15) is 102 Å². The van der Waals surface area contributed by atoms with E-state index in [1.54, 1.807) is 14.2 Å². The molecule has 2 bridgehead atoms. The Labute approximate surface area is 207 Å². The largest absolute Gasteiger partial charge is 0.497 e. The number of rotatable bonds is 15. The van der Waals surface area contributed by atoms with Gasteiger partial charge in [0, 0.05) is 30.5 Å². The first-order chi connectivity index (χ1) is 16.6. The van der Waals surface area contributed by atoms with Crippen LogP contribution in [0.2, 0.25) is 0 Å². The van der Waals surface area contributed by atoms with E-state index in [0.29, 0.717) is 17.8 Å². The molecule has 0 saturated carbocycles. The summed E-state index contributed by atoms with van der Waals surface area (Å²) < 4.78 is 16.7. The molecule has 1 aromatic carbocycles. The smallest absolute Gasteiger partial charge is 0.310 e. The molecule has 34 heavy (non-hydrogen) atoms. The summed E-state index contributed by atoms with van der Waals surface area (Å²) in [7, 11) is 3.26. The highest BCUT2D eigenvalue weighted by Gasteiger charge is 2.39. The third-order valence-corrected chi connectivity index (χ3v) is 7.72. The molecule has 0 aromatic heterocycles. The normalized spacial score (nSPS) is 22.4. The Morgan fingerprint density at radius 3 is 2.18 bits per heavy atom. The number of methoxy groups -OCH3 is 2. The van der Waals surface area contributed by atoms with E-state index in [4.69, 9.17) is 14.2 Å². The SMILES string of the molecule is CCCCCCCCCCCN1C2CCCC1CC(OC(=O)Cc1cc(OC)ccc1OC)C2. The van der Waals surface area contributed by atoms with E-state index < -0.39 is 0 Å². The van der Waals surface area contributed by atoms with E-state index in [0.717, 1.165) is 24.2 Å². The summed E-state index contributed by atoms with van der Waals surface area (Å²) in [5, 5.41) is 0. The van der Waals surface area contributed by atoms with Gasteiger partial charge in [0.15, 0.2) is 0 Å². The lowest BCUT2D eigenvalue weighted by atomic mass is 9.82. The zero-order chi connectivity index (χ0) is 24.2. The Kier molecular flexibility index (Phi) is 11.5. The first kappa shape index (κ1) is 26.8. The van der Waals surface area contributed by atoms with E-state index >= 15 is 0 Å². The lowest BCUT2D eigenvalue weighted by molar-refractivity contribution is -0.154. The predicted molar refractivity (Wildman–Crippen MR) is 138 cm³/mol. The van der Waals surface area contributed by atoms with Crippen LogP contribution in [0.5, 0.6) is 11.5 Å². The number of ether oxygens (including phenoxy) is 3. The molecule has 0 aliphatic carbocycles. The van der Waals surface area contributed by atoms with Gasteiger partial charge < -0.3 is 14.2 Å². The zero-order valence-corrected chi connectivity index (χ0v) is 21.9. The second-order valence-electron chi connectivity index (χ2n) is 10.2. The van der Waals surface area contributed by atoms with E-state index in [1.807, 2.05) is 18.2 Å². The monoisotopic (exact) mass is 473 g/mol. The number of hydrogen-bond acceptors (Lipinski definition) is 5. The zero-order valence-electron chi connectivity index (χ0n) is 21.9. The molecule has 2 fully saturated rings. The fraction of sp³-hybridized carbons (Fsp3) is 0.759. The van der Waals surface area contributed by atoms with Crippen LogP contribution in [0.4, 0.5) is 0 Å². The van der Waals surface area contributed by atoms with Gasteiger partial charge >= 0.3 is 5.97 Å². The molecule has 2 saturated heterocycles. The number of fused-ring (bicyclic) bond motifs is 2. The minimum Gasteiger partial charge on any atom is -0.497 e. The Morgan fingerprint density at radius 2 is 1.56 bits per heavy atom. The predicted octanol–water partition coefficient (Wildman–Crippen LogP) is 6.71. The first-order valence-electron chi connectivity index (χ1n) is 13.8. The minimum absolute atomic E-state index is 0.0405. The molecule has 2 aliphatic rings. The minimum atomic E-state index is -0.165. The van der Waals surface area contributed by atoms with Crippen LogP contribution in [-0.2, 0) is 16.0 Å². The number of hydrogen-bond donors (Lipinski definition) is 0. The van der Waals surface area contributed by atoms with Gasteiger partial charge in [-0.25, -0.2) is 0 Å². The van der Waals surface area contributed by atoms with Crippen molar-refractivity contribution in [2.75, 3.05) is 20.8 Å². The molecule has 0 N–H and O–H groups in total. The molecule has 2 aliphatic heterocycles. The quantitative estimate of drug-likeness (QED) is 0.209. The summed E-state index contributed by atoms with van der Waals surface area (Å²) in [4.78, 5) is 15.5. The van der Waals surface area contributed by atoms with Crippen LogP contribution < -0.4 is 9.47 Å². The third kappa shape index (κ3) is 8.18. The van der Waals surface area contributed by atoms with Gasteiger partial charge in [-0.1, -0.05) is 64.7 Å². The van der Waals surface area contributed by atoms with Gasteiger partial charge in [-0.3, -0.25) is 9.69 Å². The van der Waals surface area contributed by atoms with Crippen molar-refractivity contribution in [3.63, 3.8) is 0 Å². The van der Waals surface area contributed by atoms with Gasteiger partial charge in [-0.2, -0.15) is 0 Å². The van der Waals surface area contributed by atoms with Crippen LogP contribution in [0.25, 0.3) is 0 Å². The Balaban J connectivity index is 1.40. The molecule has 1 aromatic rings. The maximum absolute atomic E-state index is 12.8. The molecule has 2 unspecified atom stereocenters. The molecule has 2 atom stereocenters. The molecule has 192 valence electrons. The number of esters is 1. The molecule has 2 heterocycles. The van der Waals surface area contributed by atoms with E-state index in [1.165, 1.54) is 83.6 Å². The van der Waals surface area contributed by atoms with Crippen LogP contribution in [0.15, 0.2) is 18.2 Å². The Hall–Kier alpha value is -1.75. The summed E-state index contributed by atoms with van der Waals surface area (Å²) in [6.07, 6.45) is 18.4. The van der Waals surface area contributed by atoms with Crippen molar-refractivity contribution < 1.29 is 19.0 Å². The molecule has 0 amide bonds. The molecule has 5 nitrogen and oxygen atoms in total. The maximum atomic E-state index is 12.8. The summed E-state index contributed by atoms with van der Waals surface area (Å²) in [5.74, 6) is 1.26. The number of carbonyl (C=O) groups is 1. The standard InChI is InChI=1S/C29H47NO4/c1-4-5-6-7-8-9-10-11-12-18-30-24-14-13-15-25(30)22-27(21-24)34-29(31)20-23-19-26(32-2)16-17-28(23)33-3/h16-17,19,24-25,27H,4-15,18,20-22H2,1-3H3. The number of unbranched alkanes of at least 4 members (excludes halogenated alkanes) is 8. The van der Waals surface area contributed by atoms with Crippen molar-refractivity contribution in [2.45, 2.75) is 121 Å². The number of benzene rings is 1. The molecular weight excluding hydrogens is 426 g/mol. The summed E-state index contributed by atoms with van der Waals surface area (Å²) in [6.45, 7) is 3.49. The van der Waals surface area contributed by atoms with Crippen LogP contribution in [0.3, 0.4) is 0 Å². The fourth-order valence-corrected chi connectivity index (χ4v) is 5.90. The second kappa shape index (κ2) is 14.6. The summed E-state index contributed by atoms with van der Waals surface area (Å²) in [6, 6.07) is 6.70. The van der Waals surface area contributed by atoms with Crippen LogP contribution >= 0.6 is 0 Å². The highest BCUT2D eigenvalue weighted by Crippen LogP contribution is 2.36. The highest BCUT2D eigenvalue weighted by atomic mass is 16.5. The number of piperidine rings is 2. The average molecular weight is 474 g/mol. The average Bonchev–Trinajstić information content (AvgIpc) is 2.83. The Bertz CT molecular complexity index is 723. The van der Waals surface area contributed by atoms with Crippen LogP contribution in [0, 0.1) is 0 Å². The van der Waals surface area contributed by atoms with E-state index in [-0.39, 0.29) is 18.5 Å². The van der Waals surface area contributed by atoms with Crippen molar-refractivity contribution in [3.05, 3.63) is 23.8 Å². The van der Waals surface area contributed by atoms with Crippen molar-refractivity contribution in [3.8, 4) is 11.5 Å². The Morgan fingerprint density at radius 1 is 0.912 bits per heavy atom. The van der Waals surface area contributed by atoms with Gasteiger partial charge in [0.2, 0.25) is 0 Å². The van der Waals surface area contributed by atoms with Crippen molar-refractivity contribution >= 4 is 5.97 Å². The van der Waals surface area contributed by atoms with E-state index in [9.17, 15) is 4.79 Å². The molecule has 0 spiro atoms. The lowest BCUT2D eigenvalue weighted by Gasteiger charge is -2.48. The topological polar surface area (TPSA) is 48.0 Å².